The molecule has 0 aromatic carbocycles. The molecule has 1 aliphatic rings. The Hall–Kier alpha value is -0.830. The highest BCUT2D eigenvalue weighted by molar-refractivity contribution is 6.29. The Bertz CT molecular complexity index is 452. The fourth-order valence-corrected chi connectivity index (χ4v) is 3.00. The molecule has 2 rings (SSSR count). The second kappa shape index (κ2) is 6.30. The molecule has 0 aliphatic carbocycles. The summed E-state index contributed by atoms with van der Waals surface area (Å²) in [4.78, 5) is 11.6. The molecular formula is C16H26ClN3. The third kappa shape index (κ3) is 3.63. The minimum atomic E-state index is -0.0737. The average molecular weight is 296 g/mol. The maximum absolute atomic E-state index is 6.22. The minimum absolute atomic E-state index is 0.0737. The first-order valence-electron chi connectivity index (χ1n) is 7.73. The van der Waals surface area contributed by atoms with Gasteiger partial charge in [-0.15, -0.1) is 0 Å². The van der Waals surface area contributed by atoms with Gasteiger partial charge >= 0.3 is 0 Å². The summed E-state index contributed by atoms with van der Waals surface area (Å²) in [5, 5.41) is 0.556. The molecule has 0 spiro atoms. The maximum atomic E-state index is 6.22. The summed E-state index contributed by atoms with van der Waals surface area (Å²) in [5.41, 5.74) is -0.0737. The number of aromatic nitrogens is 2. The molecule has 0 bridgehead atoms. The highest BCUT2D eigenvalue weighted by Gasteiger charge is 2.25. The number of halogens is 1. The van der Waals surface area contributed by atoms with Crippen LogP contribution in [0.3, 0.4) is 0 Å². The fraction of sp³-hybridized carbons (Fsp3) is 0.750. The molecule has 0 radical (unpaired) electrons. The second-order valence-corrected chi connectivity index (χ2v) is 7.14. The van der Waals surface area contributed by atoms with Crippen LogP contribution in [0.4, 0.5) is 5.82 Å². The van der Waals surface area contributed by atoms with Crippen LogP contribution in [0.1, 0.15) is 65.6 Å². The third-order valence-corrected chi connectivity index (χ3v) is 4.09. The number of anilines is 1. The van der Waals surface area contributed by atoms with E-state index in [9.17, 15) is 0 Å². The Kier molecular flexibility index (Phi) is 4.90. The number of hydrogen-bond donors (Lipinski definition) is 0. The first kappa shape index (κ1) is 15.6. The molecule has 112 valence electrons. The van der Waals surface area contributed by atoms with Crippen LogP contribution in [-0.2, 0) is 5.41 Å². The van der Waals surface area contributed by atoms with E-state index in [0.717, 1.165) is 18.2 Å². The van der Waals surface area contributed by atoms with Gasteiger partial charge < -0.3 is 4.90 Å². The van der Waals surface area contributed by atoms with Crippen molar-refractivity contribution in [1.29, 1.82) is 0 Å². The van der Waals surface area contributed by atoms with Gasteiger partial charge in [-0.1, -0.05) is 45.7 Å². The van der Waals surface area contributed by atoms with Crippen molar-refractivity contribution in [2.45, 2.75) is 71.3 Å². The van der Waals surface area contributed by atoms with Crippen LogP contribution in [-0.4, -0.2) is 22.6 Å². The lowest BCUT2D eigenvalue weighted by Gasteiger charge is -2.37. The van der Waals surface area contributed by atoms with Gasteiger partial charge in [0.15, 0.2) is 0 Å². The van der Waals surface area contributed by atoms with Crippen LogP contribution in [0.2, 0.25) is 5.15 Å². The molecule has 1 aromatic rings. The first-order chi connectivity index (χ1) is 9.41. The van der Waals surface area contributed by atoms with Crippen molar-refractivity contribution >= 4 is 17.4 Å². The molecule has 0 saturated carbocycles. The van der Waals surface area contributed by atoms with Crippen LogP contribution in [0.25, 0.3) is 0 Å². The fourth-order valence-electron chi connectivity index (χ4n) is 2.82. The molecule has 1 aliphatic heterocycles. The SMILES string of the molecule is CCCC1CCCCN1c1cc(Cl)nc(C(C)(C)C)n1. The quantitative estimate of drug-likeness (QED) is 0.764. The normalized spacial score (nSPS) is 20.2. The van der Waals surface area contributed by atoms with Crippen molar-refractivity contribution < 1.29 is 0 Å². The Morgan fingerprint density at radius 2 is 2.05 bits per heavy atom. The molecule has 1 aromatic heterocycles. The third-order valence-electron chi connectivity index (χ3n) is 3.90. The van der Waals surface area contributed by atoms with Gasteiger partial charge in [-0.2, -0.15) is 0 Å². The molecule has 1 atom stereocenters. The molecule has 1 unspecified atom stereocenters. The molecule has 0 N–H and O–H groups in total. The topological polar surface area (TPSA) is 29.0 Å². The summed E-state index contributed by atoms with van der Waals surface area (Å²) in [6, 6.07) is 2.53. The number of piperidine rings is 1. The zero-order valence-corrected chi connectivity index (χ0v) is 13.9. The minimum Gasteiger partial charge on any atom is -0.353 e. The van der Waals surface area contributed by atoms with Gasteiger partial charge in [-0.25, -0.2) is 9.97 Å². The smallest absolute Gasteiger partial charge is 0.137 e. The summed E-state index contributed by atoms with van der Waals surface area (Å²) in [6.45, 7) is 9.72. The molecule has 4 heteroatoms. The molecule has 3 nitrogen and oxygen atoms in total. The monoisotopic (exact) mass is 295 g/mol. The lowest BCUT2D eigenvalue weighted by molar-refractivity contribution is 0.429. The van der Waals surface area contributed by atoms with Crippen LogP contribution >= 0.6 is 11.6 Å². The highest BCUT2D eigenvalue weighted by atomic mass is 35.5. The van der Waals surface area contributed by atoms with E-state index in [1.54, 1.807) is 0 Å². The van der Waals surface area contributed by atoms with E-state index >= 15 is 0 Å². The van der Waals surface area contributed by atoms with Crippen molar-refractivity contribution in [2.75, 3.05) is 11.4 Å². The molecule has 1 fully saturated rings. The van der Waals surface area contributed by atoms with E-state index in [0.29, 0.717) is 11.2 Å². The first-order valence-corrected chi connectivity index (χ1v) is 8.11. The van der Waals surface area contributed by atoms with E-state index in [-0.39, 0.29) is 5.41 Å². The van der Waals surface area contributed by atoms with Crippen molar-refractivity contribution in [1.82, 2.24) is 9.97 Å². The summed E-state index contributed by atoms with van der Waals surface area (Å²) < 4.78 is 0. The molecule has 20 heavy (non-hydrogen) atoms. The zero-order chi connectivity index (χ0) is 14.8. The van der Waals surface area contributed by atoms with Crippen molar-refractivity contribution in [3.63, 3.8) is 0 Å². The molecular weight excluding hydrogens is 270 g/mol. The van der Waals surface area contributed by atoms with E-state index < -0.39 is 0 Å². The van der Waals surface area contributed by atoms with Crippen LogP contribution < -0.4 is 4.90 Å². The zero-order valence-electron chi connectivity index (χ0n) is 13.1. The molecule has 2 heterocycles. The van der Waals surface area contributed by atoms with Crippen LogP contribution in [0.15, 0.2) is 6.07 Å². The van der Waals surface area contributed by atoms with Gasteiger partial charge in [0.2, 0.25) is 0 Å². The van der Waals surface area contributed by atoms with E-state index in [1.807, 2.05) is 6.07 Å². The van der Waals surface area contributed by atoms with Crippen molar-refractivity contribution in [3.8, 4) is 0 Å². The van der Waals surface area contributed by atoms with E-state index in [4.69, 9.17) is 16.6 Å². The number of nitrogens with zero attached hydrogens (tertiary/aromatic N) is 3. The predicted molar refractivity (Wildman–Crippen MR) is 85.6 cm³/mol. The summed E-state index contributed by atoms with van der Waals surface area (Å²) in [6.07, 6.45) is 6.28. The Labute approximate surface area is 127 Å². The van der Waals surface area contributed by atoms with Gasteiger partial charge in [0.05, 0.1) is 0 Å². The van der Waals surface area contributed by atoms with Gasteiger partial charge in [0.25, 0.3) is 0 Å². The molecule has 0 amide bonds. The lowest BCUT2D eigenvalue weighted by atomic mass is 9.95. The summed E-state index contributed by atoms with van der Waals surface area (Å²) in [7, 11) is 0. The van der Waals surface area contributed by atoms with Gasteiger partial charge in [-0.3, -0.25) is 0 Å². The van der Waals surface area contributed by atoms with E-state index in [2.05, 4.69) is 37.6 Å². The van der Waals surface area contributed by atoms with Crippen molar-refractivity contribution in [3.05, 3.63) is 17.0 Å². The van der Waals surface area contributed by atoms with Crippen LogP contribution in [0.5, 0.6) is 0 Å². The Morgan fingerprint density at radius 3 is 2.70 bits per heavy atom. The number of rotatable bonds is 3. The lowest BCUT2D eigenvalue weighted by Crippen LogP contribution is -2.40. The van der Waals surface area contributed by atoms with Crippen molar-refractivity contribution in [2.24, 2.45) is 0 Å². The Morgan fingerprint density at radius 1 is 1.30 bits per heavy atom. The van der Waals surface area contributed by atoms with E-state index in [1.165, 1.54) is 32.1 Å². The second-order valence-electron chi connectivity index (χ2n) is 6.75. The average Bonchev–Trinajstić information content (AvgIpc) is 2.38. The summed E-state index contributed by atoms with van der Waals surface area (Å²) >= 11 is 6.22. The largest absolute Gasteiger partial charge is 0.353 e. The van der Waals surface area contributed by atoms with Gasteiger partial charge in [0, 0.05) is 24.1 Å². The summed E-state index contributed by atoms with van der Waals surface area (Å²) in [5.74, 6) is 1.84. The molecule has 1 saturated heterocycles. The Balaban J connectivity index is 2.32. The predicted octanol–water partition coefficient (Wildman–Crippen LogP) is 4.59. The van der Waals surface area contributed by atoms with Gasteiger partial charge in [0.1, 0.15) is 16.8 Å². The number of hydrogen-bond acceptors (Lipinski definition) is 3. The maximum Gasteiger partial charge on any atom is 0.137 e. The standard InChI is InChI=1S/C16H26ClN3/c1-5-8-12-9-6-7-10-20(12)14-11-13(17)18-15(19-14)16(2,3)4/h11-12H,5-10H2,1-4H3. The highest BCUT2D eigenvalue weighted by Crippen LogP contribution is 2.29. The van der Waals surface area contributed by atoms with Gasteiger partial charge in [-0.05, 0) is 25.7 Å². The van der Waals surface area contributed by atoms with Crippen LogP contribution in [0, 0.1) is 0 Å².